The van der Waals surface area contributed by atoms with E-state index in [1.54, 1.807) is 7.11 Å². The average molecular weight is 478 g/mol. The highest BCUT2D eigenvalue weighted by atomic mass is 79.9. The molecule has 1 aliphatic rings. The van der Waals surface area contributed by atoms with Gasteiger partial charge in [-0.2, -0.15) is 0 Å². The van der Waals surface area contributed by atoms with Crippen molar-refractivity contribution in [1.29, 1.82) is 0 Å². The van der Waals surface area contributed by atoms with Gasteiger partial charge < -0.3 is 14.4 Å². The molecule has 1 heterocycles. The summed E-state index contributed by atoms with van der Waals surface area (Å²) in [5.74, 6) is 1.34. The summed E-state index contributed by atoms with van der Waals surface area (Å²) in [4.78, 5) is 14.9. The molecule has 3 aromatic rings. The number of ether oxygens (including phenoxy) is 2. The van der Waals surface area contributed by atoms with Crippen LogP contribution < -0.4 is 14.4 Å². The first-order valence-electron chi connectivity index (χ1n) is 10.3. The van der Waals surface area contributed by atoms with E-state index in [0.717, 1.165) is 33.3 Å². The number of benzene rings is 3. The first kappa shape index (κ1) is 21.2. The first-order chi connectivity index (χ1) is 15.1. The number of halogens is 1. The minimum atomic E-state index is 0.0394. The van der Waals surface area contributed by atoms with E-state index in [0.29, 0.717) is 30.2 Å². The molecular weight excluding hydrogens is 454 g/mol. The van der Waals surface area contributed by atoms with Crippen molar-refractivity contribution in [2.24, 2.45) is 0 Å². The van der Waals surface area contributed by atoms with Crippen LogP contribution >= 0.6 is 15.9 Å². The summed E-state index contributed by atoms with van der Waals surface area (Å²) in [5, 5.41) is 0. The highest BCUT2D eigenvalue weighted by molar-refractivity contribution is 9.10. The van der Waals surface area contributed by atoms with E-state index in [2.05, 4.69) is 22.9 Å². The molecule has 0 saturated heterocycles. The number of carbonyl (C=O) groups is 1. The molecule has 0 spiro atoms. The lowest BCUT2D eigenvalue weighted by molar-refractivity contribution is -0.113. The molecule has 1 amide bonds. The van der Waals surface area contributed by atoms with Crippen molar-refractivity contribution in [2.45, 2.75) is 20.0 Å². The molecule has 5 heteroatoms. The highest BCUT2D eigenvalue weighted by Crippen LogP contribution is 2.38. The molecule has 1 aliphatic heterocycles. The monoisotopic (exact) mass is 477 g/mol. The Labute approximate surface area is 191 Å². The lowest BCUT2D eigenvalue weighted by Gasteiger charge is -2.15. The predicted octanol–water partition coefficient (Wildman–Crippen LogP) is 6.33. The van der Waals surface area contributed by atoms with Gasteiger partial charge in [0.1, 0.15) is 6.61 Å². The number of hydrogen-bond acceptors (Lipinski definition) is 3. The third-order valence-electron chi connectivity index (χ3n) is 5.21. The smallest absolute Gasteiger partial charge is 0.258 e. The van der Waals surface area contributed by atoms with E-state index < -0.39 is 0 Å². The number of hydrogen-bond donors (Lipinski definition) is 0. The maximum Gasteiger partial charge on any atom is 0.258 e. The highest BCUT2D eigenvalue weighted by Gasteiger charge is 2.31. The summed E-state index contributed by atoms with van der Waals surface area (Å²) >= 11 is 3.44. The molecule has 0 atom stereocenters. The van der Waals surface area contributed by atoms with Crippen LogP contribution in [0.25, 0.3) is 11.6 Å². The van der Waals surface area contributed by atoms with Gasteiger partial charge >= 0.3 is 0 Å². The van der Waals surface area contributed by atoms with Gasteiger partial charge in [0, 0.05) is 22.2 Å². The number of para-hydroxylation sites is 1. The Bertz CT molecular complexity index is 1120. The molecule has 0 aliphatic carbocycles. The Morgan fingerprint density at radius 3 is 2.52 bits per heavy atom. The lowest BCUT2D eigenvalue weighted by Crippen LogP contribution is -2.26. The zero-order chi connectivity index (χ0) is 21.8. The van der Waals surface area contributed by atoms with Crippen molar-refractivity contribution in [3.8, 4) is 11.5 Å². The number of nitrogens with zero attached hydrogens (tertiary/aromatic N) is 1. The average Bonchev–Trinajstić information content (AvgIpc) is 3.05. The Morgan fingerprint density at radius 1 is 1.00 bits per heavy atom. The third-order valence-corrected chi connectivity index (χ3v) is 5.74. The number of fused-ring (bicyclic) bond motifs is 1. The van der Waals surface area contributed by atoms with Crippen molar-refractivity contribution >= 4 is 39.2 Å². The fourth-order valence-corrected chi connectivity index (χ4v) is 3.96. The molecular formula is C26H24BrNO3. The van der Waals surface area contributed by atoms with Crippen molar-refractivity contribution in [1.82, 2.24) is 0 Å². The molecule has 4 rings (SSSR count). The van der Waals surface area contributed by atoms with Gasteiger partial charge in [0.2, 0.25) is 0 Å². The van der Waals surface area contributed by atoms with Crippen LogP contribution in [0.4, 0.5) is 5.69 Å². The predicted molar refractivity (Wildman–Crippen MR) is 128 cm³/mol. The molecule has 4 nitrogen and oxygen atoms in total. The SMILES string of the molecule is CCCN1C(=O)/C(=C\c2ccc(OCc3ccc(Br)cc3)c(OC)c2)c2ccccc21. The molecule has 31 heavy (non-hydrogen) atoms. The molecule has 0 fully saturated rings. The van der Waals surface area contributed by atoms with E-state index >= 15 is 0 Å². The number of rotatable bonds is 7. The summed E-state index contributed by atoms with van der Waals surface area (Å²) in [6.45, 7) is 3.23. The summed E-state index contributed by atoms with van der Waals surface area (Å²) in [6, 6.07) is 21.7. The molecule has 0 unspecified atom stereocenters. The van der Waals surface area contributed by atoms with Crippen LogP contribution in [-0.2, 0) is 11.4 Å². The zero-order valence-electron chi connectivity index (χ0n) is 17.6. The molecule has 3 aromatic carbocycles. The molecule has 0 radical (unpaired) electrons. The largest absolute Gasteiger partial charge is 0.493 e. The Hall–Kier alpha value is -3.05. The summed E-state index contributed by atoms with van der Waals surface area (Å²) in [7, 11) is 1.62. The Kier molecular flexibility index (Phi) is 6.42. The topological polar surface area (TPSA) is 38.8 Å². The van der Waals surface area contributed by atoms with E-state index in [-0.39, 0.29) is 5.91 Å². The fourth-order valence-electron chi connectivity index (χ4n) is 3.69. The summed E-state index contributed by atoms with van der Waals surface area (Å²) < 4.78 is 12.6. The third kappa shape index (κ3) is 4.52. The second kappa shape index (κ2) is 9.40. The fraction of sp³-hybridized carbons (Fsp3) is 0.192. The minimum absolute atomic E-state index is 0.0394. The molecule has 158 valence electrons. The molecule has 0 bridgehead atoms. The number of carbonyl (C=O) groups excluding carboxylic acids is 1. The lowest BCUT2D eigenvalue weighted by atomic mass is 10.0. The van der Waals surface area contributed by atoms with Crippen LogP contribution in [0.15, 0.2) is 71.2 Å². The summed E-state index contributed by atoms with van der Waals surface area (Å²) in [5.41, 5.74) is 4.61. The van der Waals surface area contributed by atoms with E-state index in [4.69, 9.17) is 9.47 Å². The maximum absolute atomic E-state index is 13.1. The molecule has 0 N–H and O–H groups in total. The van der Waals surface area contributed by atoms with Crippen LogP contribution in [-0.4, -0.2) is 19.6 Å². The van der Waals surface area contributed by atoms with Crippen LogP contribution in [0, 0.1) is 0 Å². The van der Waals surface area contributed by atoms with Crippen molar-refractivity contribution < 1.29 is 14.3 Å². The van der Waals surface area contributed by atoms with Gasteiger partial charge in [0.15, 0.2) is 11.5 Å². The van der Waals surface area contributed by atoms with Crippen LogP contribution in [0.5, 0.6) is 11.5 Å². The van der Waals surface area contributed by atoms with Crippen molar-refractivity contribution in [2.75, 3.05) is 18.6 Å². The van der Waals surface area contributed by atoms with E-state index in [1.165, 1.54) is 0 Å². The number of amides is 1. The van der Waals surface area contributed by atoms with Gasteiger partial charge in [-0.05, 0) is 54.0 Å². The Morgan fingerprint density at radius 2 is 1.77 bits per heavy atom. The van der Waals surface area contributed by atoms with Gasteiger partial charge in [-0.1, -0.05) is 59.3 Å². The second-order valence-corrected chi connectivity index (χ2v) is 8.27. The molecule has 0 saturated carbocycles. The summed E-state index contributed by atoms with van der Waals surface area (Å²) in [6.07, 6.45) is 2.84. The Balaban J connectivity index is 1.59. The molecule has 0 aromatic heterocycles. The van der Waals surface area contributed by atoms with Gasteiger partial charge in [-0.25, -0.2) is 0 Å². The van der Waals surface area contributed by atoms with Gasteiger partial charge in [-0.3, -0.25) is 4.79 Å². The normalized spacial score (nSPS) is 14.1. The van der Waals surface area contributed by atoms with Gasteiger partial charge in [0.25, 0.3) is 5.91 Å². The standard InChI is InChI=1S/C26H24BrNO3/c1-3-14-28-23-7-5-4-6-21(23)22(26(28)29)15-19-10-13-24(25(16-19)30-2)31-17-18-8-11-20(27)12-9-18/h4-13,15-16H,3,14,17H2,1-2H3/b22-15-. The van der Waals surface area contributed by atoms with Gasteiger partial charge in [0.05, 0.1) is 12.8 Å². The van der Waals surface area contributed by atoms with Crippen LogP contribution in [0.2, 0.25) is 0 Å². The maximum atomic E-state index is 13.1. The second-order valence-electron chi connectivity index (χ2n) is 7.36. The van der Waals surface area contributed by atoms with E-state index in [9.17, 15) is 4.79 Å². The zero-order valence-corrected chi connectivity index (χ0v) is 19.2. The minimum Gasteiger partial charge on any atom is -0.493 e. The number of anilines is 1. The van der Waals surface area contributed by atoms with Crippen LogP contribution in [0.3, 0.4) is 0 Å². The number of methoxy groups -OCH3 is 1. The van der Waals surface area contributed by atoms with Gasteiger partial charge in [-0.15, -0.1) is 0 Å². The van der Waals surface area contributed by atoms with Crippen molar-refractivity contribution in [3.05, 3.63) is 87.9 Å². The van der Waals surface area contributed by atoms with Crippen molar-refractivity contribution in [3.63, 3.8) is 0 Å². The van der Waals surface area contributed by atoms with Crippen LogP contribution in [0.1, 0.15) is 30.0 Å². The first-order valence-corrected chi connectivity index (χ1v) is 11.1. The quantitative estimate of drug-likeness (QED) is 0.373. The van der Waals surface area contributed by atoms with E-state index in [1.807, 2.05) is 77.7 Å².